The maximum atomic E-state index is 11.4. The van der Waals surface area contributed by atoms with Crippen LogP contribution in [0.25, 0.3) is 11.3 Å². The summed E-state index contributed by atoms with van der Waals surface area (Å²) >= 11 is 5.04. The normalized spacial score (nSPS) is 10.4. The van der Waals surface area contributed by atoms with Crippen molar-refractivity contribution in [3.8, 4) is 11.3 Å². The number of nitrogens with zero attached hydrogens (tertiary/aromatic N) is 1. The molecule has 0 saturated heterocycles. The highest BCUT2D eigenvalue weighted by Crippen LogP contribution is 2.28. The topological polar surface area (TPSA) is 54.0 Å². The van der Waals surface area contributed by atoms with Crippen LogP contribution in [0.1, 0.15) is 13.3 Å². The lowest BCUT2D eigenvalue weighted by atomic mass is 10.2. The van der Waals surface area contributed by atoms with Gasteiger partial charge in [0.2, 0.25) is 5.91 Å². The van der Waals surface area contributed by atoms with Gasteiger partial charge in [-0.1, -0.05) is 35.0 Å². The zero-order valence-corrected chi connectivity index (χ0v) is 15.4. The Kier molecular flexibility index (Phi) is 5.27. The number of benzene rings is 2. The van der Waals surface area contributed by atoms with Crippen LogP contribution in [-0.4, -0.2) is 10.9 Å². The molecule has 0 radical (unpaired) electrons. The van der Waals surface area contributed by atoms with E-state index >= 15 is 0 Å². The van der Waals surface area contributed by atoms with E-state index in [2.05, 4.69) is 31.5 Å². The lowest BCUT2D eigenvalue weighted by Crippen LogP contribution is -2.09. The summed E-state index contributed by atoms with van der Waals surface area (Å²) in [4.78, 5) is 16.0. The molecule has 24 heavy (non-hydrogen) atoms. The van der Waals surface area contributed by atoms with E-state index in [0.717, 1.165) is 32.2 Å². The second-order valence-electron chi connectivity index (χ2n) is 5.15. The molecule has 2 N–H and O–H groups in total. The van der Waals surface area contributed by atoms with E-state index in [9.17, 15) is 4.79 Å². The Labute approximate surface area is 153 Å². The van der Waals surface area contributed by atoms with Gasteiger partial charge in [-0.3, -0.25) is 4.79 Å². The molecule has 0 fully saturated rings. The van der Waals surface area contributed by atoms with Crippen molar-refractivity contribution in [3.63, 3.8) is 0 Å². The fourth-order valence-electron chi connectivity index (χ4n) is 2.12. The number of hydrogen-bond donors (Lipinski definition) is 2. The number of anilines is 3. The first-order valence-electron chi connectivity index (χ1n) is 7.52. The Hall–Kier alpha value is -2.18. The molecule has 0 aliphatic heterocycles. The van der Waals surface area contributed by atoms with Crippen LogP contribution in [0.5, 0.6) is 0 Å². The Bertz CT molecular complexity index is 845. The van der Waals surface area contributed by atoms with E-state index in [1.165, 1.54) is 0 Å². The summed E-state index contributed by atoms with van der Waals surface area (Å²) < 4.78 is 1.03. The van der Waals surface area contributed by atoms with Crippen molar-refractivity contribution in [3.05, 3.63) is 58.4 Å². The molecule has 0 unspecified atom stereocenters. The van der Waals surface area contributed by atoms with Gasteiger partial charge >= 0.3 is 0 Å². The summed E-state index contributed by atoms with van der Waals surface area (Å²) in [6, 6.07) is 15.7. The van der Waals surface area contributed by atoms with Crippen LogP contribution < -0.4 is 10.6 Å². The van der Waals surface area contributed by atoms with Crippen molar-refractivity contribution < 1.29 is 4.79 Å². The van der Waals surface area contributed by atoms with Crippen molar-refractivity contribution in [2.24, 2.45) is 0 Å². The first kappa shape index (κ1) is 16.7. The molecule has 122 valence electrons. The summed E-state index contributed by atoms with van der Waals surface area (Å²) in [7, 11) is 0. The number of amides is 1. The van der Waals surface area contributed by atoms with Gasteiger partial charge in [0.25, 0.3) is 0 Å². The molecule has 1 heterocycles. The average Bonchev–Trinajstić information content (AvgIpc) is 3.05. The molecule has 0 saturated carbocycles. The molecule has 4 nitrogen and oxygen atoms in total. The molecule has 0 aliphatic carbocycles. The van der Waals surface area contributed by atoms with Crippen LogP contribution in [0.15, 0.2) is 58.4 Å². The van der Waals surface area contributed by atoms with E-state index in [4.69, 9.17) is 0 Å². The molecule has 0 atom stereocenters. The second kappa shape index (κ2) is 7.59. The summed E-state index contributed by atoms with van der Waals surface area (Å²) in [5, 5.41) is 8.97. The van der Waals surface area contributed by atoms with Crippen LogP contribution in [0, 0.1) is 0 Å². The Morgan fingerprint density at radius 3 is 2.62 bits per heavy atom. The van der Waals surface area contributed by atoms with Crippen molar-refractivity contribution >= 4 is 49.7 Å². The number of carbonyl (C=O) groups excluding carboxylic acids is 1. The number of aromatic nitrogens is 1. The van der Waals surface area contributed by atoms with E-state index in [1.807, 2.05) is 60.8 Å². The zero-order valence-electron chi connectivity index (χ0n) is 13.0. The Morgan fingerprint density at radius 1 is 1.17 bits per heavy atom. The van der Waals surface area contributed by atoms with Crippen molar-refractivity contribution in [1.29, 1.82) is 0 Å². The summed E-state index contributed by atoms with van der Waals surface area (Å²) in [6.45, 7) is 1.83. The van der Waals surface area contributed by atoms with Crippen LogP contribution in [-0.2, 0) is 4.79 Å². The molecular formula is C18H16BrN3OS. The Balaban J connectivity index is 1.69. The Morgan fingerprint density at radius 2 is 1.92 bits per heavy atom. The molecule has 2 aromatic carbocycles. The van der Waals surface area contributed by atoms with Gasteiger partial charge in [0, 0.05) is 33.2 Å². The minimum absolute atomic E-state index is 0.00861. The predicted molar refractivity (Wildman–Crippen MR) is 104 cm³/mol. The third kappa shape index (κ3) is 4.21. The van der Waals surface area contributed by atoms with Gasteiger partial charge in [-0.2, -0.15) is 0 Å². The molecule has 0 bridgehead atoms. The number of thiazole rings is 1. The maximum absolute atomic E-state index is 11.4. The van der Waals surface area contributed by atoms with Gasteiger partial charge in [-0.15, -0.1) is 11.3 Å². The highest BCUT2D eigenvalue weighted by Gasteiger charge is 2.06. The summed E-state index contributed by atoms with van der Waals surface area (Å²) in [5.41, 5.74) is 3.74. The number of nitrogens with one attached hydrogen (secondary N) is 2. The van der Waals surface area contributed by atoms with Gasteiger partial charge < -0.3 is 10.6 Å². The van der Waals surface area contributed by atoms with Gasteiger partial charge in [-0.05, 0) is 36.4 Å². The molecule has 6 heteroatoms. The van der Waals surface area contributed by atoms with Crippen molar-refractivity contribution in [2.45, 2.75) is 13.3 Å². The fraction of sp³-hybridized carbons (Fsp3) is 0.111. The minimum atomic E-state index is 0.00861. The highest BCUT2D eigenvalue weighted by molar-refractivity contribution is 9.10. The lowest BCUT2D eigenvalue weighted by molar-refractivity contribution is -0.115. The largest absolute Gasteiger partial charge is 0.332 e. The quantitative estimate of drug-likeness (QED) is 0.579. The standard InChI is InChI=1S/C18H16BrN3OS/c1-2-17(23)20-14-6-8-15(9-7-14)21-18-22-16(11-24-18)12-4-3-5-13(19)10-12/h3-11H,2H2,1H3,(H,20,23)(H,21,22). The first-order chi connectivity index (χ1) is 11.6. The van der Waals surface area contributed by atoms with Gasteiger partial charge in [-0.25, -0.2) is 4.98 Å². The molecule has 0 aliphatic rings. The molecular weight excluding hydrogens is 386 g/mol. The van der Waals surface area contributed by atoms with E-state index in [0.29, 0.717) is 6.42 Å². The highest BCUT2D eigenvalue weighted by atomic mass is 79.9. The number of carbonyl (C=O) groups is 1. The smallest absolute Gasteiger partial charge is 0.224 e. The van der Waals surface area contributed by atoms with Crippen LogP contribution in [0.3, 0.4) is 0 Å². The van der Waals surface area contributed by atoms with Gasteiger partial charge in [0.1, 0.15) is 0 Å². The van der Waals surface area contributed by atoms with E-state index in [1.54, 1.807) is 11.3 Å². The van der Waals surface area contributed by atoms with Gasteiger partial charge in [0.15, 0.2) is 5.13 Å². The van der Waals surface area contributed by atoms with Crippen molar-refractivity contribution in [1.82, 2.24) is 4.98 Å². The van der Waals surface area contributed by atoms with Crippen LogP contribution in [0.2, 0.25) is 0 Å². The molecule has 1 aromatic heterocycles. The monoisotopic (exact) mass is 401 g/mol. The molecule has 3 aromatic rings. The molecule has 1 amide bonds. The first-order valence-corrected chi connectivity index (χ1v) is 9.19. The number of rotatable bonds is 5. The zero-order chi connectivity index (χ0) is 16.9. The lowest BCUT2D eigenvalue weighted by Gasteiger charge is -2.06. The van der Waals surface area contributed by atoms with E-state index < -0.39 is 0 Å². The summed E-state index contributed by atoms with van der Waals surface area (Å²) in [6.07, 6.45) is 0.470. The average molecular weight is 402 g/mol. The van der Waals surface area contributed by atoms with Gasteiger partial charge in [0.05, 0.1) is 5.69 Å². The number of halogens is 1. The maximum Gasteiger partial charge on any atom is 0.224 e. The van der Waals surface area contributed by atoms with E-state index in [-0.39, 0.29) is 5.91 Å². The van der Waals surface area contributed by atoms with Crippen LogP contribution in [0.4, 0.5) is 16.5 Å². The second-order valence-corrected chi connectivity index (χ2v) is 6.93. The molecule has 3 rings (SSSR count). The minimum Gasteiger partial charge on any atom is -0.332 e. The number of hydrogen-bond acceptors (Lipinski definition) is 4. The fourth-order valence-corrected chi connectivity index (χ4v) is 3.26. The molecule has 0 spiro atoms. The summed E-state index contributed by atoms with van der Waals surface area (Å²) in [5.74, 6) is 0.00861. The third-order valence-electron chi connectivity index (χ3n) is 3.37. The van der Waals surface area contributed by atoms with Crippen LogP contribution >= 0.6 is 27.3 Å². The third-order valence-corrected chi connectivity index (χ3v) is 4.62. The predicted octanol–water partition coefficient (Wildman–Crippen LogP) is 5.66. The van der Waals surface area contributed by atoms with Crippen molar-refractivity contribution in [2.75, 3.05) is 10.6 Å². The SMILES string of the molecule is CCC(=O)Nc1ccc(Nc2nc(-c3cccc(Br)c3)cs2)cc1.